The molecule has 1 N–H and O–H groups in total. The van der Waals surface area contributed by atoms with Crippen LogP contribution in [0.15, 0.2) is 36.4 Å². The van der Waals surface area contributed by atoms with Gasteiger partial charge in [-0.1, -0.05) is 37.3 Å². The summed E-state index contributed by atoms with van der Waals surface area (Å²) >= 11 is 1.49. The summed E-state index contributed by atoms with van der Waals surface area (Å²) in [5, 5.41) is 10.1. The summed E-state index contributed by atoms with van der Waals surface area (Å²) in [6.45, 7) is 7.15. The number of benzene rings is 1. The topological polar surface area (TPSA) is 42.2 Å². The van der Waals surface area contributed by atoms with Crippen molar-refractivity contribution >= 4 is 17.5 Å². The average Bonchev–Trinajstić information content (AvgIpc) is 2.84. The van der Waals surface area contributed by atoms with Crippen LogP contribution in [-0.2, 0) is 6.54 Å². The molecule has 0 bridgehead atoms. The maximum absolute atomic E-state index is 12.4. The Bertz CT molecular complexity index is 649. The zero-order valence-electron chi connectivity index (χ0n) is 14.1. The van der Waals surface area contributed by atoms with Gasteiger partial charge in [-0.3, -0.25) is 4.79 Å². The number of nitrogens with zero attached hydrogens (tertiary/aromatic N) is 1. The van der Waals surface area contributed by atoms with Gasteiger partial charge in [-0.25, -0.2) is 0 Å². The fourth-order valence-corrected chi connectivity index (χ4v) is 3.64. The Kier molecular flexibility index (Phi) is 6.48. The van der Waals surface area contributed by atoms with Crippen LogP contribution in [0.25, 0.3) is 0 Å². The quantitative estimate of drug-likeness (QED) is 0.738. The average molecular weight is 331 g/mol. The van der Waals surface area contributed by atoms with Gasteiger partial charge in [-0.15, -0.1) is 0 Å². The number of carbonyl (C=O) groups is 1. The van der Waals surface area contributed by atoms with Crippen LogP contribution in [0.3, 0.4) is 0 Å². The Balaban J connectivity index is 1.91. The molecule has 0 spiro atoms. The van der Waals surface area contributed by atoms with E-state index < -0.39 is 6.10 Å². The minimum atomic E-state index is -0.526. The second kappa shape index (κ2) is 8.37. The number of aromatic nitrogens is 1. The van der Waals surface area contributed by atoms with Crippen LogP contribution in [0, 0.1) is 13.8 Å². The van der Waals surface area contributed by atoms with Gasteiger partial charge in [0.25, 0.3) is 0 Å². The first kappa shape index (κ1) is 17.8. The molecule has 0 amide bonds. The molecule has 124 valence electrons. The molecule has 23 heavy (non-hydrogen) atoms. The molecule has 0 fully saturated rings. The van der Waals surface area contributed by atoms with Crippen molar-refractivity contribution in [1.29, 1.82) is 0 Å². The largest absolute Gasteiger partial charge is 0.388 e. The van der Waals surface area contributed by atoms with Crippen LogP contribution < -0.4 is 0 Å². The molecule has 0 saturated carbocycles. The smallest absolute Gasteiger partial charge is 0.174 e. The number of aliphatic hydroxyl groups is 1. The van der Waals surface area contributed by atoms with Crippen molar-refractivity contribution in [3.05, 3.63) is 58.9 Å². The lowest BCUT2D eigenvalue weighted by atomic mass is 10.1. The normalized spacial score (nSPS) is 12.3. The van der Waals surface area contributed by atoms with Gasteiger partial charge >= 0.3 is 0 Å². The van der Waals surface area contributed by atoms with Gasteiger partial charge < -0.3 is 9.67 Å². The van der Waals surface area contributed by atoms with Crippen LogP contribution in [-0.4, -0.2) is 27.0 Å². The van der Waals surface area contributed by atoms with Gasteiger partial charge in [-0.05, 0) is 31.9 Å². The van der Waals surface area contributed by atoms with Crippen molar-refractivity contribution in [2.45, 2.75) is 39.8 Å². The Labute approximate surface area is 142 Å². The van der Waals surface area contributed by atoms with Crippen LogP contribution in [0.2, 0.25) is 0 Å². The van der Waals surface area contributed by atoms with Gasteiger partial charge in [0.15, 0.2) is 5.78 Å². The summed E-state index contributed by atoms with van der Waals surface area (Å²) in [7, 11) is 0. The highest BCUT2D eigenvalue weighted by molar-refractivity contribution is 8.00. The Morgan fingerprint density at radius 2 is 1.96 bits per heavy atom. The van der Waals surface area contributed by atoms with Crippen molar-refractivity contribution in [3.8, 4) is 0 Å². The van der Waals surface area contributed by atoms with Gasteiger partial charge in [-0.2, -0.15) is 11.8 Å². The summed E-state index contributed by atoms with van der Waals surface area (Å²) in [5.74, 6) is 1.08. The molecule has 0 radical (unpaired) electrons. The highest BCUT2D eigenvalue weighted by atomic mass is 32.2. The number of rotatable bonds is 8. The Morgan fingerprint density at radius 1 is 1.26 bits per heavy atom. The molecule has 1 aromatic heterocycles. The molecule has 0 aliphatic rings. The highest BCUT2D eigenvalue weighted by Crippen LogP contribution is 2.21. The van der Waals surface area contributed by atoms with Crippen molar-refractivity contribution in [2.24, 2.45) is 0 Å². The molecule has 3 nitrogen and oxygen atoms in total. The van der Waals surface area contributed by atoms with Crippen LogP contribution >= 0.6 is 11.8 Å². The van der Waals surface area contributed by atoms with Crippen molar-refractivity contribution in [1.82, 2.24) is 4.57 Å². The third-order valence-electron chi connectivity index (χ3n) is 4.01. The molecule has 0 aliphatic carbocycles. The number of hydrogen-bond acceptors (Lipinski definition) is 3. The molecule has 2 rings (SSSR count). The van der Waals surface area contributed by atoms with E-state index in [-0.39, 0.29) is 5.78 Å². The molecule has 1 atom stereocenters. The van der Waals surface area contributed by atoms with E-state index in [4.69, 9.17) is 0 Å². The second-order valence-corrected chi connectivity index (χ2v) is 6.83. The number of thioether (sulfide) groups is 1. The standard InChI is InChI=1S/C19H25NO2S/c1-4-10-20-14(2)11-17(15(20)3)19(22)13-23-12-18(21)16-8-6-5-7-9-16/h5-9,11,18,21H,4,10,12-13H2,1-3H3. The minimum Gasteiger partial charge on any atom is -0.388 e. The fraction of sp³-hybridized carbons (Fsp3) is 0.421. The van der Waals surface area contributed by atoms with Gasteiger partial charge in [0, 0.05) is 29.2 Å². The van der Waals surface area contributed by atoms with Gasteiger partial charge in [0.2, 0.25) is 0 Å². The van der Waals surface area contributed by atoms with Crippen LogP contribution in [0.1, 0.15) is 46.8 Å². The third kappa shape index (κ3) is 4.49. The van der Waals surface area contributed by atoms with E-state index >= 15 is 0 Å². The minimum absolute atomic E-state index is 0.144. The van der Waals surface area contributed by atoms with Gasteiger partial charge in [0.05, 0.1) is 11.9 Å². The molecule has 1 heterocycles. The zero-order chi connectivity index (χ0) is 16.8. The maximum atomic E-state index is 12.4. The van der Waals surface area contributed by atoms with E-state index in [9.17, 15) is 9.90 Å². The summed E-state index contributed by atoms with van der Waals surface area (Å²) in [6, 6.07) is 11.6. The monoisotopic (exact) mass is 331 g/mol. The fourth-order valence-electron chi connectivity index (χ4n) is 2.76. The van der Waals surface area contributed by atoms with E-state index in [1.165, 1.54) is 11.8 Å². The molecule has 0 saturated heterocycles. The number of aliphatic hydroxyl groups excluding tert-OH is 1. The van der Waals surface area contributed by atoms with E-state index in [0.29, 0.717) is 11.5 Å². The first-order valence-electron chi connectivity index (χ1n) is 8.05. The van der Waals surface area contributed by atoms with Gasteiger partial charge in [0.1, 0.15) is 0 Å². The Hall–Kier alpha value is -1.52. The predicted molar refractivity (Wildman–Crippen MR) is 97.3 cm³/mol. The van der Waals surface area contributed by atoms with Crippen LogP contribution in [0.5, 0.6) is 0 Å². The first-order valence-corrected chi connectivity index (χ1v) is 9.20. The summed E-state index contributed by atoms with van der Waals surface area (Å²) < 4.78 is 2.21. The lowest BCUT2D eigenvalue weighted by Crippen LogP contribution is -2.08. The molecule has 1 unspecified atom stereocenters. The third-order valence-corrected chi connectivity index (χ3v) is 5.03. The maximum Gasteiger partial charge on any atom is 0.174 e. The summed E-state index contributed by atoms with van der Waals surface area (Å²) in [4.78, 5) is 12.4. The second-order valence-electron chi connectivity index (χ2n) is 5.80. The van der Waals surface area contributed by atoms with E-state index in [1.54, 1.807) is 0 Å². The van der Waals surface area contributed by atoms with Crippen molar-refractivity contribution in [2.75, 3.05) is 11.5 Å². The molecular weight excluding hydrogens is 306 g/mol. The number of aryl methyl sites for hydroxylation is 1. The van der Waals surface area contributed by atoms with Crippen LogP contribution in [0.4, 0.5) is 0 Å². The number of carbonyl (C=O) groups excluding carboxylic acids is 1. The van der Waals surface area contributed by atoms with E-state index in [2.05, 4.69) is 11.5 Å². The number of hydrogen-bond donors (Lipinski definition) is 1. The van der Waals surface area contributed by atoms with Crippen molar-refractivity contribution in [3.63, 3.8) is 0 Å². The number of Topliss-reactive ketones (excluding diaryl/α,β-unsaturated/α-hetero) is 1. The zero-order valence-corrected chi connectivity index (χ0v) is 14.9. The summed E-state index contributed by atoms with van der Waals surface area (Å²) in [5.41, 5.74) is 3.91. The lowest BCUT2D eigenvalue weighted by Gasteiger charge is -2.10. The number of ketones is 1. The molecule has 1 aromatic carbocycles. The molecule has 0 aliphatic heterocycles. The SMILES string of the molecule is CCCn1c(C)cc(C(=O)CSCC(O)c2ccccc2)c1C. The lowest BCUT2D eigenvalue weighted by molar-refractivity contribution is 0.102. The van der Waals surface area contributed by atoms with Crippen molar-refractivity contribution < 1.29 is 9.90 Å². The molecule has 4 heteroatoms. The highest BCUT2D eigenvalue weighted by Gasteiger charge is 2.16. The summed E-state index contributed by atoms with van der Waals surface area (Å²) in [6.07, 6.45) is 0.531. The van der Waals surface area contributed by atoms with E-state index in [1.807, 2.05) is 50.2 Å². The predicted octanol–water partition coefficient (Wildman–Crippen LogP) is 4.16. The molecule has 2 aromatic rings. The Morgan fingerprint density at radius 3 is 2.61 bits per heavy atom. The van der Waals surface area contributed by atoms with E-state index in [0.717, 1.165) is 35.5 Å². The molecular formula is C19H25NO2S. The first-order chi connectivity index (χ1) is 11.0.